The highest BCUT2D eigenvalue weighted by molar-refractivity contribution is 7.93. The summed E-state index contributed by atoms with van der Waals surface area (Å²) in [6.07, 6.45) is 0. The fraction of sp³-hybridized carbons (Fsp3) is 0.0455. The Morgan fingerprint density at radius 3 is 2.43 bits per heavy atom. The maximum atomic E-state index is 13.1. The third kappa shape index (κ3) is 3.44. The van der Waals surface area contributed by atoms with Crippen molar-refractivity contribution >= 4 is 42.9 Å². The predicted molar refractivity (Wildman–Crippen MR) is 114 cm³/mol. The van der Waals surface area contributed by atoms with Crippen molar-refractivity contribution in [2.24, 2.45) is 0 Å². The molecule has 3 aromatic carbocycles. The summed E-state index contributed by atoms with van der Waals surface area (Å²) < 4.78 is 29.6. The minimum Gasteiger partial charge on any atom is -0.289 e. The van der Waals surface area contributed by atoms with E-state index in [1.165, 1.54) is 11.3 Å². The van der Waals surface area contributed by atoms with Gasteiger partial charge in [-0.25, -0.2) is 8.42 Å². The fourth-order valence-electron chi connectivity index (χ4n) is 3.04. The number of rotatable bonds is 5. The number of ketones is 1. The molecule has 4 nitrogen and oxygen atoms in total. The minimum absolute atomic E-state index is 0.215. The molecule has 0 spiro atoms. The number of hydrogen-bond acceptors (Lipinski definition) is 4. The van der Waals surface area contributed by atoms with E-state index < -0.39 is 10.0 Å². The standard InChI is InChI=1S/C22H17NO3S2/c1-15-11-12-19(18(13-15)22(24)16-7-3-2-4-8-16)23-28(25,26)21-14-27-20-10-6-5-9-17(20)21/h2-14,23H,1H3. The number of aryl methyl sites for hydroxylation is 1. The smallest absolute Gasteiger partial charge is 0.263 e. The quantitative estimate of drug-likeness (QED) is 0.460. The van der Waals surface area contributed by atoms with Gasteiger partial charge in [0, 0.05) is 26.6 Å². The van der Waals surface area contributed by atoms with Crippen LogP contribution >= 0.6 is 11.3 Å². The molecule has 4 aromatic rings. The van der Waals surface area contributed by atoms with Crippen molar-refractivity contribution in [2.45, 2.75) is 11.8 Å². The van der Waals surface area contributed by atoms with Gasteiger partial charge in [0.15, 0.2) is 5.78 Å². The summed E-state index contributed by atoms with van der Waals surface area (Å²) in [5, 5.41) is 2.29. The zero-order valence-electron chi connectivity index (χ0n) is 15.0. The van der Waals surface area contributed by atoms with Crippen molar-refractivity contribution in [3.05, 3.63) is 94.9 Å². The van der Waals surface area contributed by atoms with E-state index in [4.69, 9.17) is 0 Å². The first-order valence-electron chi connectivity index (χ1n) is 8.65. The van der Waals surface area contributed by atoms with Gasteiger partial charge in [0.25, 0.3) is 10.0 Å². The molecule has 0 saturated carbocycles. The van der Waals surface area contributed by atoms with Crippen molar-refractivity contribution in [1.82, 2.24) is 0 Å². The molecule has 0 fully saturated rings. The Hall–Kier alpha value is -2.96. The summed E-state index contributed by atoms with van der Waals surface area (Å²) in [6, 6.07) is 21.3. The van der Waals surface area contributed by atoms with Gasteiger partial charge >= 0.3 is 0 Å². The number of sulfonamides is 1. The first-order chi connectivity index (χ1) is 13.5. The van der Waals surface area contributed by atoms with Crippen LogP contribution in [0.1, 0.15) is 21.5 Å². The van der Waals surface area contributed by atoms with E-state index in [-0.39, 0.29) is 16.4 Å². The molecule has 0 atom stereocenters. The van der Waals surface area contributed by atoms with Gasteiger partial charge in [0.2, 0.25) is 0 Å². The Labute approximate surface area is 167 Å². The summed E-state index contributed by atoms with van der Waals surface area (Å²) in [5.41, 5.74) is 1.99. The molecule has 140 valence electrons. The van der Waals surface area contributed by atoms with Crippen LogP contribution in [0.25, 0.3) is 10.1 Å². The van der Waals surface area contributed by atoms with Crippen molar-refractivity contribution < 1.29 is 13.2 Å². The normalized spacial score (nSPS) is 11.5. The van der Waals surface area contributed by atoms with Crippen molar-refractivity contribution in [1.29, 1.82) is 0 Å². The van der Waals surface area contributed by atoms with E-state index in [1.807, 2.05) is 31.2 Å². The highest BCUT2D eigenvalue weighted by atomic mass is 32.2. The molecule has 0 radical (unpaired) electrons. The molecule has 28 heavy (non-hydrogen) atoms. The molecule has 0 aliphatic rings. The van der Waals surface area contributed by atoms with Crippen LogP contribution in [0.2, 0.25) is 0 Å². The van der Waals surface area contributed by atoms with Crippen LogP contribution in [-0.2, 0) is 10.0 Å². The molecule has 6 heteroatoms. The van der Waals surface area contributed by atoms with Gasteiger partial charge < -0.3 is 0 Å². The number of carbonyl (C=O) groups excluding carboxylic acids is 1. The Morgan fingerprint density at radius 2 is 1.64 bits per heavy atom. The molecular formula is C22H17NO3S2. The number of carbonyl (C=O) groups is 1. The molecule has 0 saturated heterocycles. The number of nitrogens with one attached hydrogen (secondary N) is 1. The Morgan fingerprint density at radius 1 is 0.929 bits per heavy atom. The zero-order chi connectivity index (χ0) is 19.7. The number of thiophene rings is 1. The summed E-state index contributed by atoms with van der Waals surface area (Å²) in [4.78, 5) is 13.2. The number of hydrogen-bond donors (Lipinski definition) is 1. The molecule has 0 amide bonds. The van der Waals surface area contributed by atoms with Gasteiger partial charge in [0.1, 0.15) is 4.90 Å². The topological polar surface area (TPSA) is 63.2 Å². The van der Waals surface area contributed by atoms with E-state index in [1.54, 1.807) is 53.9 Å². The van der Waals surface area contributed by atoms with Crippen LogP contribution in [0.3, 0.4) is 0 Å². The van der Waals surface area contributed by atoms with Gasteiger partial charge in [-0.2, -0.15) is 0 Å². The maximum Gasteiger partial charge on any atom is 0.263 e. The molecular weight excluding hydrogens is 390 g/mol. The van der Waals surface area contributed by atoms with Crippen LogP contribution in [0, 0.1) is 6.92 Å². The number of anilines is 1. The lowest BCUT2D eigenvalue weighted by Gasteiger charge is -2.13. The average Bonchev–Trinajstić information content (AvgIpc) is 3.14. The summed E-state index contributed by atoms with van der Waals surface area (Å²) in [7, 11) is -3.84. The fourth-order valence-corrected chi connectivity index (χ4v) is 5.62. The first-order valence-corrected chi connectivity index (χ1v) is 11.0. The Balaban J connectivity index is 1.77. The van der Waals surface area contributed by atoms with E-state index in [0.717, 1.165) is 10.3 Å². The molecule has 1 heterocycles. The van der Waals surface area contributed by atoms with Gasteiger partial charge in [-0.1, -0.05) is 60.2 Å². The molecule has 1 N–H and O–H groups in total. The van der Waals surface area contributed by atoms with E-state index in [9.17, 15) is 13.2 Å². The van der Waals surface area contributed by atoms with Crippen molar-refractivity contribution in [3.63, 3.8) is 0 Å². The molecule has 0 aliphatic carbocycles. The third-order valence-corrected chi connectivity index (χ3v) is 6.95. The lowest BCUT2D eigenvalue weighted by atomic mass is 10.00. The number of benzene rings is 3. The molecule has 0 bridgehead atoms. The minimum atomic E-state index is -3.84. The largest absolute Gasteiger partial charge is 0.289 e. The first kappa shape index (κ1) is 18.4. The number of fused-ring (bicyclic) bond motifs is 1. The molecule has 0 aliphatic heterocycles. The second-order valence-corrected chi connectivity index (χ2v) is 9.01. The predicted octanol–water partition coefficient (Wildman–Crippen LogP) is 5.24. The Bertz CT molecular complexity index is 1280. The highest BCUT2D eigenvalue weighted by Gasteiger charge is 2.22. The van der Waals surface area contributed by atoms with Gasteiger partial charge in [-0.05, 0) is 25.1 Å². The summed E-state index contributed by atoms with van der Waals surface area (Å²) in [6.45, 7) is 1.87. The summed E-state index contributed by atoms with van der Waals surface area (Å²) in [5.74, 6) is -0.225. The van der Waals surface area contributed by atoms with E-state index >= 15 is 0 Å². The van der Waals surface area contributed by atoms with Crippen LogP contribution < -0.4 is 4.72 Å². The van der Waals surface area contributed by atoms with Crippen LogP contribution in [0.5, 0.6) is 0 Å². The molecule has 1 aromatic heterocycles. The van der Waals surface area contributed by atoms with E-state index in [2.05, 4.69) is 4.72 Å². The van der Waals surface area contributed by atoms with Crippen LogP contribution in [-0.4, -0.2) is 14.2 Å². The van der Waals surface area contributed by atoms with Gasteiger partial charge in [-0.3, -0.25) is 9.52 Å². The van der Waals surface area contributed by atoms with E-state index in [0.29, 0.717) is 16.5 Å². The highest BCUT2D eigenvalue weighted by Crippen LogP contribution is 2.31. The van der Waals surface area contributed by atoms with Crippen LogP contribution in [0.15, 0.2) is 83.1 Å². The summed E-state index contributed by atoms with van der Waals surface area (Å²) >= 11 is 1.38. The van der Waals surface area contributed by atoms with Crippen LogP contribution in [0.4, 0.5) is 5.69 Å². The van der Waals surface area contributed by atoms with Crippen molar-refractivity contribution in [2.75, 3.05) is 4.72 Å². The third-order valence-electron chi connectivity index (χ3n) is 4.43. The lowest BCUT2D eigenvalue weighted by Crippen LogP contribution is -2.16. The van der Waals surface area contributed by atoms with Gasteiger partial charge in [-0.15, -0.1) is 11.3 Å². The monoisotopic (exact) mass is 407 g/mol. The SMILES string of the molecule is Cc1ccc(NS(=O)(=O)c2csc3ccccc23)c(C(=O)c2ccccc2)c1. The zero-order valence-corrected chi connectivity index (χ0v) is 16.7. The second-order valence-electron chi connectivity index (χ2n) is 6.45. The maximum absolute atomic E-state index is 13.1. The van der Waals surface area contributed by atoms with Gasteiger partial charge in [0.05, 0.1) is 5.69 Å². The molecule has 0 unspecified atom stereocenters. The average molecular weight is 408 g/mol. The second kappa shape index (κ2) is 7.22. The van der Waals surface area contributed by atoms with Crippen molar-refractivity contribution in [3.8, 4) is 0 Å². The Kier molecular flexibility index (Phi) is 4.75. The lowest BCUT2D eigenvalue weighted by molar-refractivity contribution is 0.103. The molecule has 4 rings (SSSR count).